The van der Waals surface area contributed by atoms with Crippen molar-refractivity contribution in [3.8, 4) is 6.07 Å². The highest BCUT2D eigenvalue weighted by Gasteiger charge is 2.19. The summed E-state index contributed by atoms with van der Waals surface area (Å²) in [5.74, 6) is -1.58. The number of sulfone groups is 1. The third-order valence-corrected chi connectivity index (χ3v) is 4.54. The lowest BCUT2D eigenvalue weighted by atomic mass is 10.1. The number of benzene rings is 1. The molecule has 1 N–H and O–H groups in total. The fourth-order valence-corrected chi connectivity index (χ4v) is 2.87. The number of amides is 1. The van der Waals surface area contributed by atoms with Crippen molar-refractivity contribution < 1.29 is 22.7 Å². The van der Waals surface area contributed by atoms with Crippen LogP contribution < -0.4 is 5.32 Å². The van der Waals surface area contributed by atoms with Gasteiger partial charge in [-0.25, -0.2) is 13.2 Å². The summed E-state index contributed by atoms with van der Waals surface area (Å²) >= 11 is 0. The van der Waals surface area contributed by atoms with Crippen molar-refractivity contribution in [2.75, 3.05) is 12.3 Å². The predicted molar refractivity (Wildman–Crippen MR) is 92.3 cm³/mol. The summed E-state index contributed by atoms with van der Waals surface area (Å²) < 4.78 is 28.3. The Bertz CT molecular complexity index is 748. The second-order valence-electron chi connectivity index (χ2n) is 6.07. The molecular weight excluding hydrogens is 344 g/mol. The molecule has 0 fully saturated rings. The van der Waals surface area contributed by atoms with E-state index in [-0.39, 0.29) is 23.1 Å². The van der Waals surface area contributed by atoms with Crippen LogP contribution in [0.5, 0.6) is 0 Å². The number of carbonyl (C=O) groups is 2. The van der Waals surface area contributed by atoms with Crippen molar-refractivity contribution in [3.63, 3.8) is 0 Å². The van der Waals surface area contributed by atoms with E-state index in [0.717, 1.165) is 0 Å². The Morgan fingerprint density at radius 2 is 1.80 bits per heavy atom. The van der Waals surface area contributed by atoms with Crippen LogP contribution in [-0.4, -0.2) is 38.7 Å². The van der Waals surface area contributed by atoms with Gasteiger partial charge in [-0.3, -0.25) is 4.79 Å². The van der Waals surface area contributed by atoms with Gasteiger partial charge in [0.05, 0.1) is 17.4 Å². The van der Waals surface area contributed by atoms with Crippen LogP contribution in [0.15, 0.2) is 24.3 Å². The minimum absolute atomic E-state index is 0.213. The molecule has 1 amide bonds. The second kappa shape index (κ2) is 9.18. The van der Waals surface area contributed by atoms with Gasteiger partial charge in [0.1, 0.15) is 5.75 Å². The maximum absolute atomic E-state index is 12.0. The van der Waals surface area contributed by atoms with E-state index >= 15 is 0 Å². The quantitative estimate of drug-likeness (QED) is 0.697. The fraction of sp³-hybridized carbons (Fsp3) is 0.471. The van der Waals surface area contributed by atoms with Crippen LogP contribution in [0.4, 0.5) is 0 Å². The van der Waals surface area contributed by atoms with Crippen molar-refractivity contribution in [2.24, 2.45) is 5.92 Å². The van der Waals surface area contributed by atoms with Crippen LogP contribution >= 0.6 is 0 Å². The van der Waals surface area contributed by atoms with E-state index in [1.165, 1.54) is 31.2 Å². The number of hydrogen-bond donors (Lipinski definition) is 1. The van der Waals surface area contributed by atoms with Gasteiger partial charge < -0.3 is 10.1 Å². The molecule has 0 unspecified atom stereocenters. The third kappa shape index (κ3) is 7.35. The predicted octanol–water partition coefficient (Wildman–Crippen LogP) is 1.44. The Kier molecular flexibility index (Phi) is 7.58. The summed E-state index contributed by atoms with van der Waals surface area (Å²) in [5.41, 5.74) is 0.680. The van der Waals surface area contributed by atoms with Gasteiger partial charge in [0, 0.05) is 6.54 Å². The molecule has 1 aromatic rings. The Balaban J connectivity index is 2.65. The first-order valence-electron chi connectivity index (χ1n) is 7.79. The van der Waals surface area contributed by atoms with Gasteiger partial charge in [-0.1, -0.05) is 26.0 Å². The van der Waals surface area contributed by atoms with E-state index in [1.807, 2.05) is 13.8 Å². The molecular formula is C17H22N2O5S. The van der Waals surface area contributed by atoms with Gasteiger partial charge in [-0.15, -0.1) is 0 Å². The molecule has 0 saturated heterocycles. The number of ether oxygens (including phenoxy) is 1. The number of carbonyl (C=O) groups excluding carboxylic acids is 2. The van der Waals surface area contributed by atoms with Gasteiger partial charge in [0.15, 0.2) is 15.9 Å². The number of nitrogens with zero attached hydrogens (tertiary/aromatic N) is 1. The van der Waals surface area contributed by atoms with Crippen LogP contribution in [0.3, 0.4) is 0 Å². The van der Waals surface area contributed by atoms with Crippen LogP contribution in [0.1, 0.15) is 36.7 Å². The first-order valence-corrected chi connectivity index (χ1v) is 9.61. The first-order chi connectivity index (χ1) is 11.6. The molecule has 0 aliphatic heterocycles. The van der Waals surface area contributed by atoms with Crippen molar-refractivity contribution in [2.45, 2.75) is 32.6 Å². The zero-order chi connectivity index (χ0) is 19.0. The molecule has 0 heterocycles. The second-order valence-corrected chi connectivity index (χ2v) is 8.14. The number of nitriles is 1. The number of nitrogens with one attached hydrogen (secondary N) is 1. The molecule has 0 spiro atoms. The highest BCUT2D eigenvalue weighted by atomic mass is 32.2. The normalized spacial score (nSPS) is 12.3. The first kappa shape index (κ1) is 20.6. The average molecular weight is 366 g/mol. The van der Waals surface area contributed by atoms with E-state index in [2.05, 4.69) is 5.32 Å². The topological polar surface area (TPSA) is 113 Å². The lowest BCUT2D eigenvalue weighted by Gasteiger charge is -2.14. The summed E-state index contributed by atoms with van der Waals surface area (Å²) in [6, 6.07) is 7.43. The maximum atomic E-state index is 12.0. The molecule has 8 heteroatoms. The van der Waals surface area contributed by atoms with Crippen molar-refractivity contribution in [1.29, 1.82) is 5.26 Å². The molecule has 136 valence electrons. The minimum atomic E-state index is -3.49. The maximum Gasteiger partial charge on any atom is 0.338 e. The zero-order valence-corrected chi connectivity index (χ0v) is 15.3. The molecule has 1 atom stereocenters. The molecule has 1 aromatic carbocycles. The Hall–Kier alpha value is -2.40. The Morgan fingerprint density at radius 1 is 1.20 bits per heavy atom. The molecule has 0 saturated carbocycles. The standard InChI is InChI=1S/C17H22N2O5S/c1-12(2)10-19-16(20)13(3)24-17(21)15-6-4-14(5-7-15)11-25(22,23)9-8-18/h4-7,12-13H,9-11H2,1-3H3,(H,19,20)/t13-/m1/s1. The summed E-state index contributed by atoms with van der Waals surface area (Å²) in [7, 11) is -3.49. The third-order valence-electron chi connectivity index (χ3n) is 3.20. The van der Waals surface area contributed by atoms with E-state index in [1.54, 1.807) is 6.07 Å². The summed E-state index contributed by atoms with van der Waals surface area (Å²) in [6.07, 6.45) is -0.929. The van der Waals surface area contributed by atoms with E-state index in [0.29, 0.717) is 12.1 Å². The molecule has 0 aliphatic rings. The van der Waals surface area contributed by atoms with Crippen LogP contribution in [0, 0.1) is 17.2 Å². The van der Waals surface area contributed by atoms with E-state index < -0.39 is 27.7 Å². The van der Waals surface area contributed by atoms with Crippen molar-refractivity contribution >= 4 is 21.7 Å². The van der Waals surface area contributed by atoms with Crippen LogP contribution in [0.2, 0.25) is 0 Å². The van der Waals surface area contributed by atoms with Crippen molar-refractivity contribution in [3.05, 3.63) is 35.4 Å². The van der Waals surface area contributed by atoms with Crippen LogP contribution in [0.25, 0.3) is 0 Å². The van der Waals surface area contributed by atoms with Gasteiger partial charge in [0.2, 0.25) is 0 Å². The highest BCUT2D eigenvalue weighted by Crippen LogP contribution is 2.11. The van der Waals surface area contributed by atoms with Crippen molar-refractivity contribution in [1.82, 2.24) is 5.32 Å². The lowest BCUT2D eigenvalue weighted by molar-refractivity contribution is -0.129. The van der Waals surface area contributed by atoms with Crippen LogP contribution in [-0.2, 0) is 25.1 Å². The summed E-state index contributed by atoms with van der Waals surface area (Å²) in [6.45, 7) is 5.88. The minimum Gasteiger partial charge on any atom is -0.449 e. The largest absolute Gasteiger partial charge is 0.449 e. The Labute approximate surface area is 147 Å². The molecule has 0 bridgehead atoms. The molecule has 1 rings (SSSR count). The fourth-order valence-electron chi connectivity index (χ4n) is 1.87. The zero-order valence-electron chi connectivity index (χ0n) is 14.5. The monoisotopic (exact) mass is 366 g/mol. The van der Waals surface area contributed by atoms with Gasteiger partial charge in [-0.2, -0.15) is 5.26 Å². The lowest BCUT2D eigenvalue weighted by Crippen LogP contribution is -2.37. The summed E-state index contributed by atoms with van der Waals surface area (Å²) in [4.78, 5) is 23.8. The van der Waals surface area contributed by atoms with E-state index in [4.69, 9.17) is 10.00 Å². The van der Waals surface area contributed by atoms with Gasteiger partial charge in [0.25, 0.3) is 5.91 Å². The number of esters is 1. The Morgan fingerprint density at radius 3 is 2.32 bits per heavy atom. The van der Waals surface area contributed by atoms with E-state index in [9.17, 15) is 18.0 Å². The average Bonchev–Trinajstić information content (AvgIpc) is 2.52. The summed E-state index contributed by atoms with van der Waals surface area (Å²) in [5, 5.41) is 11.1. The molecule has 0 aromatic heterocycles. The smallest absolute Gasteiger partial charge is 0.338 e. The van der Waals surface area contributed by atoms with Gasteiger partial charge >= 0.3 is 5.97 Å². The molecule has 25 heavy (non-hydrogen) atoms. The van der Waals surface area contributed by atoms with Gasteiger partial charge in [-0.05, 0) is 30.5 Å². The molecule has 0 aliphatic carbocycles. The number of rotatable bonds is 8. The SMILES string of the molecule is CC(C)CNC(=O)[C@@H](C)OC(=O)c1ccc(CS(=O)(=O)CC#N)cc1. The molecule has 7 nitrogen and oxygen atoms in total. The molecule has 0 radical (unpaired) electrons. The highest BCUT2D eigenvalue weighted by molar-refractivity contribution is 7.90. The number of hydrogen-bond acceptors (Lipinski definition) is 6.